The number of fused-ring (bicyclic) bond motifs is 1. The van der Waals surface area contributed by atoms with Crippen LogP contribution in [0.4, 0.5) is 5.69 Å². The van der Waals surface area contributed by atoms with Crippen LogP contribution in [0, 0.1) is 0 Å². The fourth-order valence-corrected chi connectivity index (χ4v) is 3.57. The summed E-state index contributed by atoms with van der Waals surface area (Å²) in [6.07, 6.45) is 0. The number of amides is 1. The second-order valence-electron chi connectivity index (χ2n) is 6.16. The van der Waals surface area contributed by atoms with Crippen LogP contribution in [-0.4, -0.2) is 27.7 Å². The molecule has 27 heavy (non-hydrogen) atoms. The van der Waals surface area contributed by atoms with Crippen molar-refractivity contribution in [2.75, 3.05) is 11.4 Å². The highest BCUT2D eigenvalue weighted by Gasteiger charge is 2.53. The maximum atomic E-state index is 13.0. The van der Waals surface area contributed by atoms with Gasteiger partial charge in [-0.25, -0.2) is 0 Å². The number of hydrogen-bond donors (Lipinski definition) is 1. The summed E-state index contributed by atoms with van der Waals surface area (Å²) in [5.74, 6) is -0.203. The minimum absolute atomic E-state index is 0.00594. The third-order valence-electron chi connectivity index (χ3n) is 4.67. The largest absolute Gasteiger partial charge is 0.372 e. The lowest BCUT2D eigenvalue weighted by Gasteiger charge is -2.22. The molecule has 136 valence electrons. The number of para-hydroxylation sites is 1. The average Bonchev–Trinajstić information content (AvgIpc) is 3.26. The molecule has 0 fully saturated rings. The molecule has 0 aliphatic carbocycles. The Labute approximate surface area is 160 Å². The molecule has 0 bridgehead atoms. The van der Waals surface area contributed by atoms with Crippen molar-refractivity contribution in [3.8, 4) is 11.4 Å². The maximum Gasteiger partial charge on any atom is 0.268 e. The normalized spacial score (nSPS) is 18.6. The van der Waals surface area contributed by atoms with E-state index in [1.54, 1.807) is 25.1 Å². The van der Waals surface area contributed by atoms with E-state index in [9.17, 15) is 9.90 Å². The smallest absolute Gasteiger partial charge is 0.268 e. The number of anilines is 1. The number of halogens is 1. The molecule has 0 saturated heterocycles. The number of carbonyl (C=O) groups is 1. The van der Waals surface area contributed by atoms with Gasteiger partial charge in [0, 0.05) is 17.7 Å². The Morgan fingerprint density at radius 3 is 2.70 bits per heavy atom. The minimum Gasteiger partial charge on any atom is -0.372 e. The van der Waals surface area contributed by atoms with E-state index in [0.717, 1.165) is 5.56 Å². The van der Waals surface area contributed by atoms with E-state index in [2.05, 4.69) is 16.7 Å². The predicted molar refractivity (Wildman–Crippen MR) is 102 cm³/mol. The van der Waals surface area contributed by atoms with E-state index in [4.69, 9.17) is 16.1 Å². The molecule has 2 heterocycles. The zero-order valence-corrected chi connectivity index (χ0v) is 15.3. The second-order valence-corrected chi connectivity index (χ2v) is 6.57. The number of hydrogen-bond acceptors (Lipinski definition) is 5. The van der Waals surface area contributed by atoms with Crippen molar-refractivity contribution in [1.29, 1.82) is 0 Å². The van der Waals surface area contributed by atoms with Gasteiger partial charge in [0.05, 0.1) is 16.3 Å². The lowest BCUT2D eigenvalue weighted by molar-refractivity contribution is -0.130. The Hall–Kier alpha value is -2.96. The van der Waals surface area contributed by atoms with Crippen LogP contribution in [0.15, 0.2) is 59.6 Å². The topological polar surface area (TPSA) is 79.5 Å². The molecule has 1 amide bonds. The Kier molecular flexibility index (Phi) is 4.09. The van der Waals surface area contributed by atoms with Crippen molar-refractivity contribution in [3.05, 3.63) is 71.6 Å². The molecule has 1 N–H and O–H groups in total. The van der Waals surface area contributed by atoms with Crippen LogP contribution in [0.1, 0.15) is 18.4 Å². The van der Waals surface area contributed by atoms with Crippen LogP contribution in [0.2, 0.25) is 5.02 Å². The molecule has 0 radical (unpaired) electrons. The van der Waals surface area contributed by atoms with Crippen LogP contribution in [0.25, 0.3) is 17.0 Å². The third-order valence-corrected chi connectivity index (χ3v) is 4.98. The van der Waals surface area contributed by atoms with Crippen LogP contribution in [-0.2, 0) is 10.4 Å². The highest BCUT2D eigenvalue weighted by atomic mass is 35.5. The molecule has 1 aromatic heterocycles. The van der Waals surface area contributed by atoms with Crippen molar-refractivity contribution in [3.63, 3.8) is 0 Å². The van der Waals surface area contributed by atoms with Gasteiger partial charge in [0.2, 0.25) is 11.4 Å². The van der Waals surface area contributed by atoms with E-state index < -0.39 is 11.5 Å². The highest BCUT2D eigenvalue weighted by Crippen LogP contribution is 2.49. The summed E-state index contributed by atoms with van der Waals surface area (Å²) in [6, 6.07) is 14.2. The van der Waals surface area contributed by atoms with Gasteiger partial charge in [-0.05, 0) is 13.0 Å². The van der Waals surface area contributed by atoms with Gasteiger partial charge in [-0.2, -0.15) is 4.98 Å². The number of aromatic nitrogens is 2. The van der Waals surface area contributed by atoms with E-state index >= 15 is 0 Å². The average molecular weight is 382 g/mol. The van der Waals surface area contributed by atoms with E-state index in [1.165, 1.54) is 4.90 Å². The molecule has 0 saturated carbocycles. The van der Waals surface area contributed by atoms with Crippen molar-refractivity contribution in [2.24, 2.45) is 0 Å². The van der Waals surface area contributed by atoms with Gasteiger partial charge in [0.15, 0.2) is 0 Å². The van der Waals surface area contributed by atoms with Gasteiger partial charge in [0.25, 0.3) is 11.8 Å². The van der Waals surface area contributed by atoms with Crippen LogP contribution < -0.4 is 4.90 Å². The molecule has 4 rings (SSSR count). The van der Waals surface area contributed by atoms with E-state index in [1.807, 2.05) is 30.3 Å². The van der Waals surface area contributed by atoms with Gasteiger partial charge < -0.3 is 14.5 Å². The molecule has 1 aliphatic rings. The molecule has 0 spiro atoms. The number of aliphatic hydroxyl groups is 1. The Bertz CT molecular complexity index is 1050. The van der Waals surface area contributed by atoms with E-state index in [-0.39, 0.29) is 11.5 Å². The Morgan fingerprint density at radius 1 is 1.26 bits per heavy atom. The zero-order chi connectivity index (χ0) is 19.2. The summed E-state index contributed by atoms with van der Waals surface area (Å²) in [7, 11) is 0. The van der Waals surface area contributed by atoms with Crippen molar-refractivity contribution >= 4 is 28.8 Å². The van der Waals surface area contributed by atoms with Crippen LogP contribution in [0.5, 0.6) is 0 Å². The first-order chi connectivity index (χ1) is 13.0. The molecule has 1 atom stereocenters. The number of rotatable bonds is 4. The fourth-order valence-electron chi connectivity index (χ4n) is 3.29. The standard InChI is InChI=1S/C20H16ClN3O3/c1-3-24-16-14(10-7-11-15(16)21)20(26,19(24)25)12(2)18-22-17(23-27-18)13-8-5-4-6-9-13/h4-11,26H,2-3H2,1H3. The first-order valence-electron chi connectivity index (χ1n) is 8.40. The lowest BCUT2D eigenvalue weighted by atomic mass is 9.88. The number of carbonyl (C=O) groups excluding carboxylic acids is 1. The van der Waals surface area contributed by atoms with Crippen LogP contribution in [0.3, 0.4) is 0 Å². The zero-order valence-electron chi connectivity index (χ0n) is 14.5. The van der Waals surface area contributed by atoms with Crippen LogP contribution >= 0.6 is 11.6 Å². The molecule has 2 aromatic carbocycles. The molecule has 6 nitrogen and oxygen atoms in total. The quantitative estimate of drug-likeness (QED) is 0.746. The predicted octanol–water partition coefficient (Wildman–Crippen LogP) is 3.66. The third kappa shape index (κ3) is 2.49. The Balaban J connectivity index is 1.79. The summed E-state index contributed by atoms with van der Waals surface area (Å²) in [6.45, 7) is 6.05. The van der Waals surface area contributed by atoms with Gasteiger partial charge >= 0.3 is 0 Å². The molecule has 7 heteroatoms. The summed E-state index contributed by atoms with van der Waals surface area (Å²) in [5.41, 5.74) is -0.425. The molecule has 1 unspecified atom stereocenters. The first-order valence-corrected chi connectivity index (χ1v) is 8.78. The summed E-state index contributed by atoms with van der Waals surface area (Å²) in [5, 5.41) is 15.7. The van der Waals surface area contributed by atoms with Gasteiger partial charge in [-0.3, -0.25) is 4.79 Å². The van der Waals surface area contributed by atoms with Crippen molar-refractivity contribution < 1.29 is 14.4 Å². The number of benzene rings is 2. The first kappa shape index (κ1) is 17.5. The highest BCUT2D eigenvalue weighted by molar-refractivity contribution is 6.35. The van der Waals surface area contributed by atoms with Crippen molar-refractivity contribution in [1.82, 2.24) is 10.1 Å². The lowest BCUT2D eigenvalue weighted by Crippen LogP contribution is -2.41. The summed E-state index contributed by atoms with van der Waals surface area (Å²) >= 11 is 6.28. The van der Waals surface area contributed by atoms with Gasteiger partial charge in [0.1, 0.15) is 0 Å². The number of nitrogens with zero attached hydrogens (tertiary/aromatic N) is 3. The Morgan fingerprint density at radius 2 is 2.00 bits per heavy atom. The summed E-state index contributed by atoms with van der Waals surface area (Å²) in [4.78, 5) is 18.8. The molecular formula is C20H16ClN3O3. The minimum atomic E-state index is -2.02. The second kappa shape index (κ2) is 6.33. The van der Waals surface area contributed by atoms with Crippen molar-refractivity contribution in [2.45, 2.75) is 12.5 Å². The monoisotopic (exact) mass is 381 g/mol. The number of likely N-dealkylation sites (N-methyl/N-ethyl adjacent to an activating group) is 1. The summed E-state index contributed by atoms with van der Waals surface area (Å²) < 4.78 is 5.30. The van der Waals surface area contributed by atoms with Gasteiger partial charge in [-0.1, -0.05) is 65.8 Å². The SMILES string of the molecule is C=C(c1nc(-c2ccccc2)no1)C1(O)C(=O)N(CC)c2c(Cl)cccc21. The van der Waals surface area contributed by atoms with E-state index in [0.29, 0.717) is 28.6 Å². The fraction of sp³-hybridized carbons (Fsp3) is 0.150. The maximum absolute atomic E-state index is 13.0. The van der Waals surface area contributed by atoms with Gasteiger partial charge in [-0.15, -0.1) is 0 Å². The molecule has 3 aromatic rings. The molecule has 1 aliphatic heterocycles. The molecular weight excluding hydrogens is 366 g/mol.